The number of sulfonamides is 1. The number of halogens is 3. The summed E-state index contributed by atoms with van der Waals surface area (Å²) in [6, 6.07) is 7.74. The molecule has 110 valence electrons. The highest BCUT2D eigenvalue weighted by molar-refractivity contribution is 7.88. The van der Waals surface area contributed by atoms with Crippen molar-refractivity contribution in [3.05, 3.63) is 35.4 Å². The highest BCUT2D eigenvalue weighted by Gasteiger charge is 2.35. The summed E-state index contributed by atoms with van der Waals surface area (Å²) in [6.45, 7) is -0.476. The summed E-state index contributed by atoms with van der Waals surface area (Å²) in [5.74, 6) is -0.624. The molecular weight excluding hydrogens is 293 g/mol. The van der Waals surface area contributed by atoms with Crippen LogP contribution in [0.25, 0.3) is 0 Å². The lowest BCUT2D eigenvalue weighted by atomic mass is 10.1. The predicted octanol–water partition coefficient (Wildman–Crippen LogP) is 2.27. The van der Waals surface area contributed by atoms with Gasteiger partial charge in [-0.3, -0.25) is 0 Å². The van der Waals surface area contributed by atoms with Gasteiger partial charge in [0.15, 0.2) is 0 Å². The van der Waals surface area contributed by atoms with Gasteiger partial charge in [0.2, 0.25) is 10.0 Å². The smallest absolute Gasteiger partial charge is 0.212 e. The molecule has 0 heterocycles. The van der Waals surface area contributed by atoms with Crippen LogP contribution in [-0.4, -0.2) is 32.0 Å². The molecule has 20 heavy (non-hydrogen) atoms. The predicted molar refractivity (Wildman–Crippen MR) is 67.1 cm³/mol. The molecule has 0 unspecified atom stereocenters. The fourth-order valence-electron chi connectivity index (χ4n) is 1.65. The molecule has 1 aromatic carbocycles. The molecule has 0 aliphatic heterocycles. The van der Waals surface area contributed by atoms with E-state index in [1.54, 1.807) is 6.07 Å². The molecule has 8 heteroatoms. The quantitative estimate of drug-likeness (QED) is 0.838. The maximum Gasteiger partial charge on any atom is 0.402 e. The van der Waals surface area contributed by atoms with E-state index in [0.717, 1.165) is 0 Å². The van der Waals surface area contributed by atoms with Gasteiger partial charge >= 0.3 is 6.18 Å². The summed E-state index contributed by atoms with van der Waals surface area (Å²) in [4.78, 5) is 0. The average molecular weight is 306 g/mol. The minimum Gasteiger partial charge on any atom is -0.212 e. The third-order valence-corrected chi connectivity index (χ3v) is 4.43. The van der Waals surface area contributed by atoms with Crippen LogP contribution < -0.4 is 0 Å². The average Bonchev–Trinajstić information content (AvgIpc) is 2.35. The van der Waals surface area contributed by atoms with Gasteiger partial charge in [0.25, 0.3) is 0 Å². The number of hydrogen-bond acceptors (Lipinski definition) is 3. The molecule has 1 rings (SSSR count). The Kier molecular flexibility index (Phi) is 5.14. The maximum absolute atomic E-state index is 12.3. The lowest BCUT2D eigenvalue weighted by molar-refractivity contribution is -0.135. The molecule has 0 N–H and O–H groups in total. The third kappa shape index (κ3) is 4.51. The number of hydrogen-bond donors (Lipinski definition) is 0. The van der Waals surface area contributed by atoms with Crippen molar-refractivity contribution in [1.29, 1.82) is 5.26 Å². The Hall–Kier alpha value is -1.59. The molecule has 0 saturated heterocycles. The highest BCUT2D eigenvalue weighted by atomic mass is 32.2. The monoisotopic (exact) mass is 306 g/mol. The van der Waals surface area contributed by atoms with E-state index in [0.29, 0.717) is 4.31 Å². The number of nitrogens with zero attached hydrogens (tertiary/aromatic N) is 2. The molecule has 0 atom stereocenters. The van der Waals surface area contributed by atoms with Crippen LogP contribution in [0.15, 0.2) is 24.3 Å². The standard InChI is InChI=1S/C12H13F3N2O2S/c1-2-17(9-12(13,14)15)20(18,19)8-11-6-4-3-5-10(11)7-16/h3-6H,2,8-9H2,1H3. The fourth-order valence-corrected chi connectivity index (χ4v) is 3.21. The van der Waals surface area contributed by atoms with Gasteiger partial charge in [0, 0.05) is 6.54 Å². The largest absolute Gasteiger partial charge is 0.402 e. The zero-order valence-corrected chi connectivity index (χ0v) is 11.5. The first-order chi connectivity index (χ1) is 9.19. The number of benzene rings is 1. The molecule has 4 nitrogen and oxygen atoms in total. The van der Waals surface area contributed by atoms with Crippen molar-refractivity contribution in [2.75, 3.05) is 13.1 Å². The summed E-state index contributed by atoms with van der Waals surface area (Å²) in [7, 11) is -4.13. The second kappa shape index (κ2) is 6.24. The van der Waals surface area contributed by atoms with Gasteiger partial charge in [0.1, 0.15) is 6.54 Å². The van der Waals surface area contributed by atoms with Gasteiger partial charge in [-0.25, -0.2) is 8.42 Å². The Bertz CT molecular complexity index is 606. The topological polar surface area (TPSA) is 61.2 Å². The van der Waals surface area contributed by atoms with Gasteiger partial charge in [-0.1, -0.05) is 25.1 Å². The number of nitriles is 1. The van der Waals surface area contributed by atoms with Crippen LogP contribution in [0.4, 0.5) is 13.2 Å². The van der Waals surface area contributed by atoms with E-state index in [2.05, 4.69) is 0 Å². The van der Waals surface area contributed by atoms with Crippen molar-refractivity contribution in [3.63, 3.8) is 0 Å². The molecule has 0 aliphatic carbocycles. The van der Waals surface area contributed by atoms with Crippen molar-refractivity contribution in [2.24, 2.45) is 0 Å². The number of rotatable bonds is 5. The summed E-state index contributed by atoms with van der Waals surface area (Å²) >= 11 is 0. The van der Waals surface area contributed by atoms with E-state index in [4.69, 9.17) is 5.26 Å². The first-order valence-electron chi connectivity index (χ1n) is 5.72. The Morgan fingerprint density at radius 3 is 2.40 bits per heavy atom. The highest BCUT2D eigenvalue weighted by Crippen LogP contribution is 2.21. The summed E-state index contributed by atoms with van der Waals surface area (Å²) in [5, 5.41) is 8.86. The second-order valence-electron chi connectivity index (χ2n) is 4.07. The van der Waals surface area contributed by atoms with Gasteiger partial charge in [-0.05, 0) is 11.6 Å². The molecule has 0 radical (unpaired) electrons. The number of alkyl halides is 3. The summed E-state index contributed by atoms with van der Waals surface area (Å²) < 4.78 is 61.4. The van der Waals surface area contributed by atoms with E-state index >= 15 is 0 Å². The molecule has 0 aromatic heterocycles. The molecule has 0 fully saturated rings. The Balaban J connectivity index is 3.02. The zero-order valence-electron chi connectivity index (χ0n) is 10.7. The summed E-state index contributed by atoms with van der Waals surface area (Å²) in [6.07, 6.45) is -4.60. The molecule has 0 spiro atoms. The molecular formula is C12H13F3N2O2S. The minimum absolute atomic E-state index is 0.138. The van der Waals surface area contributed by atoms with Gasteiger partial charge in [-0.2, -0.15) is 22.7 Å². The molecule has 0 saturated carbocycles. The molecule has 0 aliphatic rings. The van der Waals surface area contributed by atoms with Crippen LogP contribution in [0.3, 0.4) is 0 Å². The van der Waals surface area contributed by atoms with Crippen molar-refractivity contribution >= 4 is 10.0 Å². The van der Waals surface area contributed by atoms with Gasteiger partial charge < -0.3 is 0 Å². The fraction of sp³-hybridized carbons (Fsp3) is 0.417. The molecule has 0 amide bonds. The maximum atomic E-state index is 12.3. The Labute approximate surface area is 115 Å². The van der Waals surface area contributed by atoms with Gasteiger partial charge in [0.05, 0.1) is 17.4 Å². The van der Waals surface area contributed by atoms with Crippen molar-refractivity contribution in [3.8, 4) is 6.07 Å². The lowest BCUT2D eigenvalue weighted by Crippen LogP contribution is -2.39. The SMILES string of the molecule is CCN(CC(F)(F)F)S(=O)(=O)Cc1ccccc1C#N. The third-order valence-electron chi connectivity index (χ3n) is 2.58. The minimum atomic E-state index is -4.60. The van der Waals surface area contributed by atoms with E-state index in [9.17, 15) is 21.6 Å². The van der Waals surface area contributed by atoms with Crippen molar-refractivity contribution in [2.45, 2.75) is 18.9 Å². The van der Waals surface area contributed by atoms with Crippen LogP contribution in [0.5, 0.6) is 0 Å². The van der Waals surface area contributed by atoms with Crippen LogP contribution in [0, 0.1) is 11.3 Å². The molecule has 0 bridgehead atoms. The Morgan fingerprint density at radius 2 is 1.90 bits per heavy atom. The summed E-state index contributed by atoms with van der Waals surface area (Å²) in [5.41, 5.74) is 0.328. The zero-order chi connectivity index (χ0) is 15.4. The first-order valence-corrected chi connectivity index (χ1v) is 7.33. The van der Waals surface area contributed by atoms with Crippen molar-refractivity contribution in [1.82, 2.24) is 4.31 Å². The van der Waals surface area contributed by atoms with E-state index < -0.39 is 28.5 Å². The van der Waals surface area contributed by atoms with Gasteiger partial charge in [-0.15, -0.1) is 0 Å². The van der Waals surface area contributed by atoms with Crippen LogP contribution in [0.1, 0.15) is 18.1 Å². The van der Waals surface area contributed by atoms with E-state index in [1.165, 1.54) is 25.1 Å². The van der Waals surface area contributed by atoms with Crippen molar-refractivity contribution < 1.29 is 21.6 Å². The lowest BCUT2D eigenvalue weighted by Gasteiger charge is -2.22. The molecule has 1 aromatic rings. The van der Waals surface area contributed by atoms with Crippen LogP contribution in [0.2, 0.25) is 0 Å². The normalized spacial score (nSPS) is 12.4. The Morgan fingerprint density at radius 1 is 1.30 bits per heavy atom. The second-order valence-corrected chi connectivity index (χ2v) is 6.04. The van der Waals surface area contributed by atoms with Crippen LogP contribution in [-0.2, 0) is 15.8 Å². The van der Waals surface area contributed by atoms with E-state index in [-0.39, 0.29) is 17.7 Å². The van der Waals surface area contributed by atoms with E-state index in [1.807, 2.05) is 6.07 Å². The first kappa shape index (κ1) is 16.5. The van der Waals surface area contributed by atoms with Crippen LogP contribution >= 0.6 is 0 Å².